The summed E-state index contributed by atoms with van der Waals surface area (Å²) in [5.41, 5.74) is 2.22. The summed E-state index contributed by atoms with van der Waals surface area (Å²) in [7, 11) is 0. The molecule has 0 radical (unpaired) electrons. The van der Waals surface area contributed by atoms with Gasteiger partial charge in [-0.3, -0.25) is 14.6 Å². The van der Waals surface area contributed by atoms with Crippen molar-refractivity contribution in [3.8, 4) is 0 Å². The molecule has 8 heteroatoms. The van der Waals surface area contributed by atoms with Crippen LogP contribution in [-0.4, -0.2) is 58.6 Å². The fourth-order valence-electron chi connectivity index (χ4n) is 6.01. The third-order valence-corrected chi connectivity index (χ3v) is 7.93. The van der Waals surface area contributed by atoms with Crippen LogP contribution in [-0.2, 0) is 16.8 Å². The minimum Gasteiger partial charge on any atom is -0.331 e. The molecule has 1 saturated heterocycles. The first-order valence-corrected chi connectivity index (χ1v) is 13.0. The van der Waals surface area contributed by atoms with E-state index in [-0.39, 0.29) is 25.0 Å². The van der Waals surface area contributed by atoms with Crippen LogP contribution in [0.2, 0.25) is 0 Å². The first kappa shape index (κ1) is 25.5. The molecule has 3 aliphatic rings. The Bertz CT molecular complexity index is 1200. The first-order chi connectivity index (χ1) is 17.7. The molecule has 1 fully saturated rings. The van der Waals surface area contributed by atoms with Gasteiger partial charge in [-0.25, -0.2) is 5.01 Å². The maximum atomic E-state index is 14.1. The number of unbranched alkanes of at least 4 members (excludes halogenated alkanes) is 1. The highest BCUT2D eigenvalue weighted by atomic mass is 19.4. The van der Waals surface area contributed by atoms with E-state index in [1.165, 1.54) is 0 Å². The molecular formula is C29H32F3N3O2. The number of carbonyl (C=O) groups is 2. The van der Waals surface area contributed by atoms with Gasteiger partial charge in [0, 0.05) is 31.2 Å². The Hall–Kier alpha value is -3.13. The largest absolute Gasteiger partial charge is 0.407 e. The molecule has 196 valence electrons. The van der Waals surface area contributed by atoms with Gasteiger partial charge in [0.25, 0.3) is 11.8 Å². The van der Waals surface area contributed by atoms with E-state index in [2.05, 4.69) is 0 Å². The quantitative estimate of drug-likeness (QED) is 0.488. The first-order valence-electron chi connectivity index (χ1n) is 13.0. The zero-order valence-electron chi connectivity index (χ0n) is 21.0. The minimum atomic E-state index is -4.53. The molecule has 2 amide bonds. The average Bonchev–Trinajstić information content (AvgIpc) is 3.44. The Morgan fingerprint density at radius 3 is 2.49 bits per heavy atom. The van der Waals surface area contributed by atoms with Crippen LogP contribution >= 0.6 is 0 Å². The van der Waals surface area contributed by atoms with Crippen molar-refractivity contribution in [3.05, 3.63) is 76.9 Å². The van der Waals surface area contributed by atoms with E-state index in [0.717, 1.165) is 34.5 Å². The number of piperidine rings is 1. The smallest absolute Gasteiger partial charge is 0.331 e. The van der Waals surface area contributed by atoms with Crippen LogP contribution in [0.1, 0.15) is 66.1 Å². The number of alkyl halides is 3. The summed E-state index contributed by atoms with van der Waals surface area (Å²) in [6.07, 6.45) is 2.16. The van der Waals surface area contributed by atoms with Gasteiger partial charge in [-0.2, -0.15) is 13.2 Å². The molecule has 1 atom stereocenters. The van der Waals surface area contributed by atoms with E-state index >= 15 is 0 Å². The van der Waals surface area contributed by atoms with Crippen LogP contribution in [0, 0.1) is 0 Å². The second-order valence-electron chi connectivity index (χ2n) is 10.2. The molecule has 2 heterocycles. The van der Waals surface area contributed by atoms with Crippen LogP contribution in [0.5, 0.6) is 0 Å². The molecule has 2 aromatic carbocycles. The van der Waals surface area contributed by atoms with Gasteiger partial charge in [-0.05, 0) is 42.0 Å². The minimum absolute atomic E-state index is 0.0245. The summed E-state index contributed by atoms with van der Waals surface area (Å²) in [5, 5.41) is 2.50. The van der Waals surface area contributed by atoms with Crippen LogP contribution in [0.15, 0.2) is 54.6 Å². The van der Waals surface area contributed by atoms with Gasteiger partial charge in [0.2, 0.25) is 0 Å². The van der Waals surface area contributed by atoms with E-state index in [1.807, 2.05) is 66.4 Å². The molecule has 1 aliphatic carbocycles. The lowest BCUT2D eigenvalue weighted by Gasteiger charge is -2.45. The van der Waals surface area contributed by atoms with E-state index in [4.69, 9.17) is 0 Å². The van der Waals surface area contributed by atoms with Crippen molar-refractivity contribution >= 4 is 17.9 Å². The molecule has 5 nitrogen and oxygen atoms in total. The van der Waals surface area contributed by atoms with Crippen LogP contribution in [0.25, 0.3) is 6.08 Å². The predicted molar refractivity (Wildman–Crippen MR) is 135 cm³/mol. The highest BCUT2D eigenvalue weighted by molar-refractivity contribution is 5.98. The van der Waals surface area contributed by atoms with Gasteiger partial charge in [0.05, 0.1) is 5.41 Å². The van der Waals surface area contributed by atoms with Gasteiger partial charge in [-0.15, -0.1) is 0 Å². The van der Waals surface area contributed by atoms with Crippen molar-refractivity contribution in [2.75, 3.05) is 19.6 Å². The van der Waals surface area contributed by atoms with E-state index in [1.54, 1.807) is 11.1 Å². The summed E-state index contributed by atoms with van der Waals surface area (Å²) in [4.78, 5) is 28.9. The van der Waals surface area contributed by atoms with Gasteiger partial charge in [0.15, 0.2) is 0 Å². The number of nitrogens with zero attached hydrogens (tertiary/aromatic N) is 3. The zero-order chi connectivity index (χ0) is 26.2. The maximum Gasteiger partial charge on any atom is 0.407 e. The van der Waals surface area contributed by atoms with E-state index in [9.17, 15) is 22.8 Å². The van der Waals surface area contributed by atoms with Crippen molar-refractivity contribution in [2.45, 2.75) is 63.2 Å². The van der Waals surface area contributed by atoms with Gasteiger partial charge in [-0.1, -0.05) is 74.4 Å². The van der Waals surface area contributed by atoms with E-state index in [0.29, 0.717) is 31.4 Å². The Balaban J connectivity index is 1.37. The molecule has 0 spiro atoms. The summed E-state index contributed by atoms with van der Waals surface area (Å²) < 4.78 is 41.4. The molecule has 0 saturated carbocycles. The number of hydrazine groups is 1. The highest BCUT2D eigenvalue weighted by Crippen LogP contribution is 2.42. The average molecular weight is 512 g/mol. The zero-order valence-corrected chi connectivity index (χ0v) is 21.0. The van der Waals surface area contributed by atoms with Crippen molar-refractivity contribution < 1.29 is 22.8 Å². The Labute approximate surface area is 215 Å². The number of carbonyl (C=O) groups excluding carboxylic acids is 2. The van der Waals surface area contributed by atoms with Crippen molar-refractivity contribution in [3.63, 3.8) is 0 Å². The number of fused-ring (bicyclic) bond motifs is 2. The molecule has 0 bridgehead atoms. The Morgan fingerprint density at radius 2 is 1.78 bits per heavy atom. The number of rotatable bonds is 7. The number of benzene rings is 2. The SMILES string of the molecule is CCCCC1(C(=O)N(CC(F)(F)F)N2CCC(N3Cc4ccccc4C3=O)CC2)C=Cc2ccccc21. The fraction of sp³-hybridized carbons (Fsp3) is 0.448. The second-order valence-corrected chi connectivity index (χ2v) is 10.2. The molecular weight excluding hydrogens is 479 g/mol. The number of hydrogen-bond donors (Lipinski definition) is 0. The third-order valence-electron chi connectivity index (χ3n) is 7.93. The Kier molecular flexibility index (Phi) is 6.88. The van der Waals surface area contributed by atoms with Crippen molar-refractivity contribution in [1.82, 2.24) is 14.9 Å². The molecule has 2 aliphatic heterocycles. The van der Waals surface area contributed by atoms with Gasteiger partial charge < -0.3 is 4.90 Å². The van der Waals surface area contributed by atoms with Crippen LogP contribution in [0.3, 0.4) is 0 Å². The molecule has 5 rings (SSSR count). The lowest BCUT2D eigenvalue weighted by atomic mass is 9.77. The normalized spacial score (nSPS) is 21.8. The van der Waals surface area contributed by atoms with E-state index < -0.39 is 24.0 Å². The predicted octanol–water partition coefficient (Wildman–Crippen LogP) is 5.57. The summed E-state index contributed by atoms with van der Waals surface area (Å²) in [6, 6.07) is 14.9. The van der Waals surface area contributed by atoms with Crippen molar-refractivity contribution in [2.24, 2.45) is 0 Å². The lowest BCUT2D eigenvalue weighted by molar-refractivity contribution is -0.197. The molecule has 0 aromatic heterocycles. The fourth-order valence-corrected chi connectivity index (χ4v) is 6.01. The molecule has 1 unspecified atom stereocenters. The molecule has 37 heavy (non-hydrogen) atoms. The van der Waals surface area contributed by atoms with Crippen molar-refractivity contribution in [1.29, 1.82) is 0 Å². The third kappa shape index (κ3) is 4.79. The summed E-state index contributed by atoms with van der Waals surface area (Å²) >= 11 is 0. The standard InChI is InChI=1S/C29H32F3N3O2/c1-2-3-15-28(16-12-21-8-5-7-11-25(21)28)27(37)35(20-29(30,31)32)33-17-13-23(14-18-33)34-19-22-9-4-6-10-24(22)26(34)36/h4-12,16,23H,2-3,13-15,17-20H2,1H3. The number of amides is 2. The highest BCUT2D eigenvalue weighted by Gasteiger charge is 2.48. The second kappa shape index (κ2) is 9.97. The van der Waals surface area contributed by atoms with Gasteiger partial charge >= 0.3 is 6.18 Å². The molecule has 2 aromatic rings. The molecule has 0 N–H and O–H groups in total. The summed E-state index contributed by atoms with van der Waals surface area (Å²) in [6.45, 7) is 1.77. The summed E-state index contributed by atoms with van der Waals surface area (Å²) in [5.74, 6) is -0.550. The topological polar surface area (TPSA) is 43.9 Å². The monoisotopic (exact) mass is 511 g/mol. The maximum absolute atomic E-state index is 14.1. The van der Waals surface area contributed by atoms with Crippen LogP contribution < -0.4 is 0 Å². The number of hydrogen-bond acceptors (Lipinski definition) is 3. The lowest BCUT2D eigenvalue weighted by Crippen LogP contribution is -2.59. The Morgan fingerprint density at radius 1 is 1.08 bits per heavy atom. The number of halogens is 3. The van der Waals surface area contributed by atoms with Gasteiger partial charge in [0.1, 0.15) is 6.54 Å². The van der Waals surface area contributed by atoms with Crippen LogP contribution in [0.4, 0.5) is 13.2 Å².